The lowest BCUT2D eigenvalue weighted by molar-refractivity contribution is 0.472. The van der Waals surface area contributed by atoms with Gasteiger partial charge >= 0.3 is 0 Å². The van der Waals surface area contributed by atoms with Gasteiger partial charge in [0.25, 0.3) is 0 Å². The average molecular weight is 390 g/mol. The van der Waals surface area contributed by atoms with E-state index in [4.69, 9.17) is 0 Å². The van der Waals surface area contributed by atoms with Crippen LogP contribution >= 0.6 is 15.9 Å². The Hall–Kier alpha value is -2.02. The number of aryl methyl sites for hydroxylation is 1. The van der Waals surface area contributed by atoms with Gasteiger partial charge < -0.3 is 9.47 Å². The van der Waals surface area contributed by atoms with Crippen molar-refractivity contribution >= 4 is 32.7 Å². The van der Waals surface area contributed by atoms with Gasteiger partial charge in [-0.05, 0) is 47.0 Å². The van der Waals surface area contributed by atoms with Gasteiger partial charge in [-0.15, -0.1) is 10.2 Å². The van der Waals surface area contributed by atoms with Crippen molar-refractivity contribution in [1.29, 1.82) is 0 Å². The number of aromatic nitrogens is 4. The molecule has 1 aliphatic rings. The molecular weight excluding hydrogens is 373 g/mol. The molecule has 1 aromatic carbocycles. The summed E-state index contributed by atoms with van der Waals surface area (Å²) in [5.41, 5.74) is 0.684. The Morgan fingerprint density at radius 3 is 2.71 bits per heavy atom. The zero-order valence-corrected chi connectivity index (χ0v) is 14.9. The molecule has 0 radical (unpaired) electrons. The van der Waals surface area contributed by atoms with E-state index >= 15 is 0 Å². The van der Waals surface area contributed by atoms with E-state index in [9.17, 15) is 4.39 Å². The molecule has 0 spiro atoms. The van der Waals surface area contributed by atoms with Crippen LogP contribution in [0.25, 0.3) is 10.9 Å². The van der Waals surface area contributed by atoms with E-state index in [2.05, 4.69) is 36.0 Å². The second kappa shape index (κ2) is 6.12. The monoisotopic (exact) mass is 389 g/mol. The first-order valence-electron chi connectivity index (χ1n) is 7.96. The number of pyridine rings is 1. The van der Waals surface area contributed by atoms with Crippen LogP contribution in [0.15, 0.2) is 35.1 Å². The number of benzene rings is 1. The highest BCUT2D eigenvalue weighted by atomic mass is 79.9. The van der Waals surface area contributed by atoms with Crippen molar-refractivity contribution in [2.45, 2.75) is 18.8 Å². The molecule has 1 aliphatic heterocycles. The lowest BCUT2D eigenvalue weighted by Gasteiger charge is -2.32. The quantitative estimate of drug-likeness (QED) is 0.670. The van der Waals surface area contributed by atoms with E-state index in [-0.39, 0.29) is 5.82 Å². The van der Waals surface area contributed by atoms with Crippen molar-refractivity contribution in [2.75, 3.05) is 18.0 Å². The van der Waals surface area contributed by atoms with Crippen molar-refractivity contribution in [2.24, 2.45) is 7.05 Å². The Kier molecular flexibility index (Phi) is 3.96. The predicted molar refractivity (Wildman–Crippen MR) is 94.6 cm³/mol. The fourth-order valence-electron chi connectivity index (χ4n) is 3.31. The third-order valence-corrected chi connectivity index (χ3v) is 5.25. The minimum atomic E-state index is -0.284. The molecule has 124 valence electrons. The second-order valence-corrected chi connectivity index (χ2v) is 7.04. The fourth-order valence-corrected chi connectivity index (χ4v) is 3.67. The molecule has 0 aliphatic carbocycles. The molecule has 24 heavy (non-hydrogen) atoms. The summed E-state index contributed by atoms with van der Waals surface area (Å²) in [6, 6.07) is 7.25. The maximum atomic E-state index is 13.8. The van der Waals surface area contributed by atoms with E-state index in [1.54, 1.807) is 12.4 Å². The number of nitrogens with zero attached hydrogens (tertiary/aromatic N) is 5. The molecule has 2 aromatic heterocycles. The van der Waals surface area contributed by atoms with Gasteiger partial charge in [0.2, 0.25) is 0 Å². The summed E-state index contributed by atoms with van der Waals surface area (Å²) >= 11 is 3.22. The van der Waals surface area contributed by atoms with Crippen LogP contribution in [-0.2, 0) is 7.05 Å². The molecule has 0 amide bonds. The van der Waals surface area contributed by atoms with Crippen LogP contribution in [0.1, 0.15) is 24.6 Å². The summed E-state index contributed by atoms with van der Waals surface area (Å²) in [7, 11) is 1.99. The van der Waals surface area contributed by atoms with Crippen molar-refractivity contribution in [3.05, 3.63) is 46.7 Å². The van der Waals surface area contributed by atoms with Crippen LogP contribution in [0.3, 0.4) is 0 Å². The fraction of sp³-hybridized carbons (Fsp3) is 0.353. The van der Waals surface area contributed by atoms with Crippen LogP contribution < -0.4 is 4.90 Å². The Labute approximate surface area is 147 Å². The van der Waals surface area contributed by atoms with Gasteiger partial charge in [-0.2, -0.15) is 0 Å². The van der Waals surface area contributed by atoms with Crippen LogP contribution in [-0.4, -0.2) is 32.8 Å². The summed E-state index contributed by atoms with van der Waals surface area (Å²) in [4.78, 5) is 6.89. The summed E-state index contributed by atoms with van der Waals surface area (Å²) in [5.74, 6) is 2.10. The van der Waals surface area contributed by atoms with Crippen LogP contribution in [0, 0.1) is 5.82 Å². The van der Waals surface area contributed by atoms with Crippen molar-refractivity contribution in [3.8, 4) is 0 Å². The van der Waals surface area contributed by atoms with Crippen molar-refractivity contribution in [3.63, 3.8) is 0 Å². The number of hydrogen-bond acceptors (Lipinski definition) is 4. The third kappa shape index (κ3) is 2.77. The number of hydrogen-bond donors (Lipinski definition) is 0. The maximum absolute atomic E-state index is 13.8. The van der Waals surface area contributed by atoms with E-state index in [0.29, 0.717) is 15.9 Å². The molecule has 7 heteroatoms. The zero-order chi connectivity index (χ0) is 16.7. The number of halogens is 2. The van der Waals surface area contributed by atoms with Crippen molar-refractivity contribution in [1.82, 2.24) is 19.7 Å². The molecule has 3 aromatic rings. The van der Waals surface area contributed by atoms with Crippen LogP contribution in [0.4, 0.5) is 10.2 Å². The Morgan fingerprint density at radius 1 is 1.21 bits per heavy atom. The minimum absolute atomic E-state index is 0.284. The Balaban J connectivity index is 1.54. The van der Waals surface area contributed by atoms with E-state index < -0.39 is 0 Å². The number of fused-ring (bicyclic) bond motifs is 1. The second-order valence-electron chi connectivity index (χ2n) is 6.19. The topological polar surface area (TPSA) is 46.8 Å². The Morgan fingerprint density at radius 2 is 2.00 bits per heavy atom. The van der Waals surface area contributed by atoms with E-state index in [1.165, 1.54) is 6.07 Å². The Bertz CT molecular complexity index is 886. The van der Waals surface area contributed by atoms with Gasteiger partial charge in [-0.1, -0.05) is 0 Å². The van der Waals surface area contributed by atoms with Gasteiger partial charge in [0.05, 0.1) is 9.99 Å². The standard InChI is InChI=1S/C17H17BrFN5/c1-23-10-20-22-17(23)11-4-6-24(7-5-11)16-3-2-12-8-13(18)14(19)9-15(12)21-16/h2-3,8-11H,4-7H2,1H3. The number of rotatable bonds is 2. The molecule has 1 fully saturated rings. The zero-order valence-electron chi connectivity index (χ0n) is 13.3. The number of piperidine rings is 1. The number of anilines is 1. The summed E-state index contributed by atoms with van der Waals surface area (Å²) in [6.45, 7) is 1.82. The first kappa shape index (κ1) is 15.5. The molecule has 0 N–H and O–H groups in total. The van der Waals surface area contributed by atoms with Gasteiger partial charge in [0.1, 0.15) is 23.8 Å². The smallest absolute Gasteiger partial charge is 0.139 e. The van der Waals surface area contributed by atoms with Gasteiger partial charge in [-0.3, -0.25) is 0 Å². The molecule has 0 atom stereocenters. The first-order valence-corrected chi connectivity index (χ1v) is 8.76. The highest BCUT2D eigenvalue weighted by Crippen LogP contribution is 2.30. The van der Waals surface area contributed by atoms with E-state index in [0.717, 1.165) is 43.0 Å². The van der Waals surface area contributed by atoms with Gasteiger partial charge in [0.15, 0.2) is 0 Å². The SMILES string of the molecule is Cn1cnnc1C1CCN(c2ccc3cc(Br)c(F)cc3n2)CC1. The molecule has 4 rings (SSSR count). The lowest BCUT2D eigenvalue weighted by atomic mass is 9.96. The van der Waals surface area contributed by atoms with E-state index in [1.807, 2.05) is 23.7 Å². The average Bonchev–Trinajstić information content (AvgIpc) is 3.02. The highest BCUT2D eigenvalue weighted by molar-refractivity contribution is 9.10. The van der Waals surface area contributed by atoms with Crippen molar-refractivity contribution < 1.29 is 4.39 Å². The molecule has 0 unspecified atom stereocenters. The van der Waals surface area contributed by atoms with Gasteiger partial charge in [-0.25, -0.2) is 9.37 Å². The minimum Gasteiger partial charge on any atom is -0.357 e. The highest BCUT2D eigenvalue weighted by Gasteiger charge is 2.24. The predicted octanol–water partition coefficient (Wildman–Crippen LogP) is 3.65. The first-order chi connectivity index (χ1) is 11.6. The molecule has 0 saturated carbocycles. The summed E-state index contributed by atoms with van der Waals surface area (Å²) in [6.07, 6.45) is 3.78. The van der Waals surface area contributed by atoms with Crippen LogP contribution in [0.5, 0.6) is 0 Å². The molecule has 0 bridgehead atoms. The molecule has 5 nitrogen and oxygen atoms in total. The largest absolute Gasteiger partial charge is 0.357 e. The molecular formula is C17H17BrFN5. The lowest BCUT2D eigenvalue weighted by Crippen LogP contribution is -2.34. The maximum Gasteiger partial charge on any atom is 0.139 e. The van der Waals surface area contributed by atoms with Crippen LogP contribution in [0.2, 0.25) is 0 Å². The summed E-state index contributed by atoms with van der Waals surface area (Å²) < 4.78 is 16.2. The normalized spacial score (nSPS) is 16.0. The van der Waals surface area contributed by atoms with Gasteiger partial charge in [0, 0.05) is 37.5 Å². The molecule has 3 heterocycles. The molecule has 1 saturated heterocycles. The summed E-state index contributed by atoms with van der Waals surface area (Å²) in [5, 5.41) is 9.13. The third-order valence-electron chi connectivity index (χ3n) is 4.65.